The largest absolute Gasteiger partial charge is 0.490 e. The number of benzene rings is 1. The molecule has 1 aliphatic carbocycles. The van der Waals surface area contributed by atoms with Crippen molar-refractivity contribution >= 4 is 11.9 Å². The normalized spacial score (nSPS) is 18.9. The Balaban J connectivity index is 1.77. The minimum Gasteiger partial charge on any atom is -0.490 e. The van der Waals surface area contributed by atoms with Gasteiger partial charge in [-0.2, -0.15) is 5.26 Å². The Morgan fingerprint density at radius 2 is 1.96 bits per heavy atom. The third-order valence-electron chi connectivity index (χ3n) is 4.54. The molecule has 1 fully saturated rings. The van der Waals surface area contributed by atoms with Gasteiger partial charge in [0.25, 0.3) is 5.91 Å². The van der Waals surface area contributed by atoms with E-state index in [1.54, 1.807) is 18.2 Å². The minimum atomic E-state index is -0.645. The first kappa shape index (κ1) is 20.6. The second-order valence-corrected chi connectivity index (χ2v) is 6.59. The Morgan fingerprint density at radius 3 is 2.67 bits per heavy atom. The van der Waals surface area contributed by atoms with E-state index in [9.17, 15) is 9.59 Å². The highest BCUT2D eigenvalue weighted by molar-refractivity contribution is 5.81. The van der Waals surface area contributed by atoms with Gasteiger partial charge in [-0.15, -0.1) is 0 Å². The molecule has 0 bridgehead atoms. The number of carbonyl (C=O) groups is 2. The monoisotopic (exact) mass is 374 g/mol. The molecule has 2 atom stereocenters. The number of nitrogens with one attached hydrogen (secondary N) is 1. The smallest absolute Gasteiger partial charge is 0.344 e. The van der Waals surface area contributed by atoms with E-state index in [-0.39, 0.29) is 25.2 Å². The predicted octanol–water partition coefficient (Wildman–Crippen LogP) is 2.57. The van der Waals surface area contributed by atoms with Crippen molar-refractivity contribution in [3.63, 3.8) is 0 Å². The molecule has 146 valence electrons. The summed E-state index contributed by atoms with van der Waals surface area (Å²) in [6.07, 6.45) is 4.36. The van der Waals surface area contributed by atoms with Crippen molar-refractivity contribution < 1.29 is 23.8 Å². The molecule has 0 heterocycles. The first-order valence-electron chi connectivity index (χ1n) is 9.28. The van der Waals surface area contributed by atoms with Crippen molar-refractivity contribution in [1.29, 1.82) is 5.26 Å². The predicted molar refractivity (Wildman–Crippen MR) is 98.3 cm³/mol. The maximum atomic E-state index is 12.0. The summed E-state index contributed by atoms with van der Waals surface area (Å²) in [4.78, 5) is 23.8. The molecule has 2 rings (SSSR count). The van der Waals surface area contributed by atoms with Gasteiger partial charge in [-0.25, -0.2) is 4.79 Å². The molecule has 0 radical (unpaired) electrons. The van der Waals surface area contributed by atoms with Gasteiger partial charge in [-0.3, -0.25) is 4.79 Å². The maximum absolute atomic E-state index is 12.0. The zero-order chi connectivity index (χ0) is 19.6. The quantitative estimate of drug-likeness (QED) is 0.703. The van der Waals surface area contributed by atoms with Gasteiger partial charge < -0.3 is 19.5 Å². The van der Waals surface area contributed by atoms with Crippen LogP contribution in [-0.2, 0) is 14.3 Å². The third kappa shape index (κ3) is 6.48. The van der Waals surface area contributed by atoms with E-state index in [0.717, 1.165) is 19.3 Å². The van der Waals surface area contributed by atoms with Gasteiger partial charge in [-0.05, 0) is 37.8 Å². The van der Waals surface area contributed by atoms with Crippen LogP contribution in [0.5, 0.6) is 11.5 Å². The molecule has 0 aromatic heterocycles. The Hall–Kier alpha value is -2.75. The first-order chi connectivity index (χ1) is 13.0. The van der Waals surface area contributed by atoms with Crippen molar-refractivity contribution in [3.05, 3.63) is 23.8 Å². The number of ether oxygens (including phenoxy) is 3. The second-order valence-electron chi connectivity index (χ2n) is 6.59. The highest BCUT2D eigenvalue weighted by Crippen LogP contribution is 2.28. The van der Waals surface area contributed by atoms with Crippen LogP contribution in [0.25, 0.3) is 0 Å². The molecule has 1 amide bonds. The number of carbonyl (C=O) groups excluding carboxylic acids is 2. The lowest BCUT2D eigenvalue weighted by molar-refractivity contribution is -0.150. The van der Waals surface area contributed by atoms with Crippen LogP contribution >= 0.6 is 0 Å². The number of nitriles is 1. The summed E-state index contributed by atoms with van der Waals surface area (Å²) in [6, 6.07) is 6.84. The van der Waals surface area contributed by atoms with Crippen LogP contribution in [0.2, 0.25) is 0 Å². The number of rotatable bonds is 8. The fourth-order valence-corrected chi connectivity index (χ4v) is 3.07. The van der Waals surface area contributed by atoms with Crippen LogP contribution in [0, 0.1) is 17.2 Å². The molecule has 1 aromatic carbocycles. The molecule has 1 aromatic rings. The van der Waals surface area contributed by atoms with Gasteiger partial charge in [0, 0.05) is 12.1 Å². The van der Waals surface area contributed by atoms with Gasteiger partial charge in [0.2, 0.25) is 0 Å². The lowest BCUT2D eigenvalue weighted by Crippen LogP contribution is -2.43. The van der Waals surface area contributed by atoms with Crippen molar-refractivity contribution in [2.24, 2.45) is 5.92 Å². The summed E-state index contributed by atoms with van der Waals surface area (Å²) in [5.74, 6) is 0.223. The lowest BCUT2D eigenvalue weighted by atomic mass is 9.86. The van der Waals surface area contributed by atoms with Crippen LogP contribution in [0.4, 0.5) is 0 Å². The molecule has 0 aliphatic heterocycles. The van der Waals surface area contributed by atoms with Crippen molar-refractivity contribution in [3.8, 4) is 17.6 Å². The van der Waals surface area contributed by atoms with Gasteiger partial charge in [-0.1, -0.05) is 19.8 Å². The van der Waals surface area contributed by atoms with Crippen LogP contribution in [0.1, 0.15) is 45.1 Å². The van der Waals surface area contributed by atoms with Gasteiger partial charge >= 0.3 is 5.97 Å². The minimum absolute atomic E-state index is 0.147. The number of hydrogen-bond acceptors (Lipinski definition) is 6. The molecule has 27 heavy (non-hydrogen) atoms. The van der Waals surface area contributed by atoms with Gasteiger partial charge in [0.05, 0.1) is 18.2 Å². The summed E-state index contributed by atoms with van der Waals surface area (Å²) < 4.78 is 15.8. The van der Waals surface area contributed by atoms with Gasteiger partial charge in [0.15, 0.2) is 24.7 Å². The highest BCUT2D eigenvalue weighted by atomic mass is 16.6. The number of esters is 1. The zero-order valence-corrected chi connectivity index (χ0v) is 15.8. The molecule has 7 heteroatoms. The van der Waals surface area contributed by atoms with Crippen molar-refractivity contribution in [1.82, 2.24) is 5.32 Å². The Kier molecular flexibility index (Phi) is 7.93. The maximum Gasteiger partial charge on any atom is 0.344 e. The molecule has 0 unspecified atom stereocenters. The van der Waals surface area contributed by atoms with Crippen LogP contribution < -0.4 is 14.8 Å². The highest BCUT2D eigenvalue weighted by Gasteiger charge is 2.23. The molecule has 7 nitrogen and oxygen atoms in total. The van der Waals surface area contributed by atoms with E-state index in [1.807, 2.05) is 13.0 Å². The summed E-state index contributed by atoms with van der Waals surface area (Å²) in [5.41, 5.74) is 0.432. The van der Waals surface area contributed by atoms with E-state index in [4.69, 9.17) is 19.5 Å². The van der Waals surface area contributed by atoms with Crippen molar-refractivity contribution in [2.45, 2.75) is 45.6 Å². The Bertz CT molecular complexity index is 698. The fraction of sp³-hybridized carbons (Fsp3) is 0.550. The number of amides is 1. The molecule has 1 aliphatic rings. The Morgan fingerprint density at radius 1 is 1.19 bits per heavy atom. The van der Waals surface area contributed by atoms with Crippen LogP contribution in [0.3, 0.4) is 0 Å². The summed E-state index contributed by atoms with van der Waals surface area (Å²) in [5, 5.41) is 11.9. The second kappa shape index (κ2) is 10.4. The van der Waals surface area contributed by atoms with Crippen molar-refractivity contribution in [2.75, 3.05) is 19.8 Å². The average molecular weight is 374 g/mol. The molecule has 0 spiro atoms. The van der Waals surface area contributed by atoms with E-state index < -0.39 is 5.97 Å². The molecular weight excluding hydrogens is 348 g/mol. The lowest BCUT2D eigenvalue weighted by Gasteiger charge is -2.29. The number of nitrogens with zero attached hydrogens (tertiary/aromatic N) is 1. The summed E-state index contributed by atoms with van der Waals surface area (Å²) in [6.45, 7) is 3.66. The van der Waals surface area contributed by atoms with E-state index in [0.29, 0.717) is 29.6 Å². The molecule has 0 saturated heterocycles. The fourth-order valence-electron chi connectivity index (χ4n) is 3.07. The summed E-state index contributed by atoms with van der Waals surface area (Å²) in [7, 11) is 0. The van der Waals surface area contributed by atoms with Crippen LogP contribution in [-0.4, -0.2) is 37.7 Å². The standard InChI is InChI=1S/C20H26N2O5/c1-3-25-18-10-15(11-21)8-9-17(18)26-13-20(24)27-12-19(23)22-16-7-5-4-6-14(16)2/h8-10,14,16H,3-7,12-13H2,1-2H3,(H,22,23)/t14-,16+/m0/s1. The number of hydrogen-bond donors (Lipinski definition) is 1. The molecule has 1 N–H and O–H groups in total. The molecular formula is C20H26N2O5. The average Bonchev–Trinajstić information content (AvgIpc) is 2.67. The van der Waals surface area contributed by atoms with E-state index in [2.05, 4.69) is 12.2 Å². The summed E-state index contributed by atoms with van der Waals surface area (Å²) >= 11 is 0. The topological polar surface area (TPSA) is 97.7 Å². The third-order valence-corrected chi connectivity index (χ3v) is 4.54. The zero-order valence-electron chi connectivity index (χ0n) is 15.8. The van der Waals surface area contributed by atoms with E-state index in [1.165, 1.54) is 6.42 Å². The van der Waals surface area contributed by atoms with Crippen LogP contribution in [0.15, 0.2) is 18.2 Å². The van der Waals surface area contributed by atoms with E-state index >= 15 is 0 Å². The molecule has 1 saturated carbocycles. The Labute approximate surface area is 159 Å². The first-order valence-corrected chi connectivity index (χ1v) is 9.28. The van der Waals surface area contributed by atoms with Gasteiger partial charge in [0.1, 0.15) is 0 Å². The SMILES string of the molecule is CCOc1cc(C#N)ccc1OCC(=O)OCC(=O)N[C@@H]1CCCC[C@@H]1C.